The molecule has 0 spiro atoms. The summed E-state index contributed by atoms with van der Waals surface area (Å²) in [6.45, 7) is 2.80. The number of hydrogen-bond donors (Lipinski definition) is 1. The second-order valence-corrected chi connectivity index (χ2v) is 6.40. The number of carboxylic acids is 1. The van der Waals surface area contributed by atoms with E-state index < -0.39 is 72.0 Å². The van der Waals surface area contributed by atoms with Crippen molar-refractivity contribution in [2.45, 2.75) is 45.3 Å². The zero-order valence-corrected chi connectivity index (χ0v) is 16.5. The molecule has 13 nitrogen and oxygen atoms in total. The molecule has 0 aliphatic carbocycles. The van der Waals surface area contributed by atoms with Crippen LogP contribution in [0.3, 0.4) is 0 Å². The Labute approximate surface area is 168 Å². The fourth-order valence-electron chi connectivity index (χ4n) is 2.95. The van der Waals surface area contributed by atoms with Gasteiger partial charge in [0.05, 0.1) is 0 Å². The molecule has 30 heavy (non-hydrogen) atoms. The maximum absolute atomic E-state index is 12.7. The second kappa shape index (κ2) is 8.90. The van der Waals surface area contributed by atoms with Gasteiger partial charge in [0.2, 0.25) is 0 Å². The van der Waals surface area contributed by atoms with Gasteiger partial charge in [-0.15, -0.1) is 0 Å². The lowest BCUT2D eigenvalue weighted by molar-refractivity contribution is -0.166. The summed E-state index contributed by atoms with van der Waals surface area (Å²) in [5, 5.41) is 9.46. The Balaban J connectivity index is 2.65. The number of esters is 3. The van der Waals surface area contributed by atoms with Gasteiger partial charge >= 0.3 is 29.6 Å². The van der Waals surface area contributed by atoms with E-state index in [0.29, 0.717) is 15.2 Å². The van der Waals surface area contributed by atoms with E-state index in [1.165, 1.54) is 0 Å². The molecule has 0 unspecified atom stereocenters. The van der Waals surface area contributed by atoms with Gasteiger partial charge in [0, 0.05) is 33.9 Å². The Morgan fingerprint density at radius 3 is 2.10 bits per heavy atom. The number of hydrogen-bond acceptors (Lipinski definition) is 10. The summed E-state index contributed by atoms with van der Waals surface area (Å²) in [5.41, 5.74) is -2.69. The highest BCUT2D eigenvalue weighted by Crippen LogP contribution is 2.34. The molecule has 2 rings (SSSR count). The molecule has 1 saturated heterocycles. The number of aromatic carboxylic acids is 1. The van der Waals surface area contributed by atoms with Crippen LogP contribution in [-0.4, -0.2) is 63.0 Å². The molecule has 0 bridgehead atoms. The highest BCUT2D eigenvalue weighted by molar-refractivity contribution is 5.85. The van der Waals surface area contributed by atoms with Crippen molar-refractivity contribution in [3.05, 3.63) is 32.6 Å². The van der Waals surface area contributed by atoms with Crippen molar-refractivity contribution in [2.24, 2.45) is 7.05 Å². The lowest BCUT2D eigenvalue weighted by Gasteiger charge is -2.25. The first kappa shape index (κ1) is 22.8. The van der Waals surface area contributed by atoms with Gasteiger partial charge in [0.25, 0.3) is 5.56 Å². The van der Waals surface area contributed by atoms with Crippen LogP contribution >= 0.6 is 0 Å². The van der Waals surface area contributed by atoms with E-state index >= 15 is 0 Å². The molecule has 2 heterocycles. The maximum atomic E-state index is 12.7. The molecule has 0 aromatic carbocycles. The van der Waals surface area contributed by atoms with Crippen molar-refractivity contribution in [3.63, 3.8) is 0 Å². The molecule has 4 atom stereocenters. The Bertz CT molecular complexity index is 992. The number of carbonyl (C=O) groups excluding carboxylic acids is 3. The van der Waals surface area contributed by atoms with Crippen molar-refractivity contribution in [3.8, 4) is 0 Å². The first-order chi connectivity index (χ1) is 13.9. The first-order valence-electron chi connectivity index (χ1n) is 8.63. The molecule has 1 fully saturated rings. The molecule has 1 aromatic heterocycles. The van der Waals surface area contributed by atoms with Crippen LogP contribution in [0.4, 0.5) is 0 Å². The topological polar surface area (TPSA) is 169 Å². The molecule has 1 N–H and O–H groups in total. The minimum Gasteiger partial charge on any atom is -0.477 e. The van der Waals surface area contributed by atoms with Crippen molar-refractivity contribution >= 4 is 23.9 Å². The van der Waals surface area contributed by atoms with Crippen LogP contribution in [0.15, 0.2) is 15.7 Å². The largest absolute Gasteiger partial charge is 0.477 e. The van der Waals surface area contributed by atoms with Gasteiger partial charge in [-0.05, 0) is 0 Å². The third-order valence-corrected chi connectivity index (χ3v) is 4.16. The summed E-state index contributed by atoms with van der Waals surface area (Å²) in [6, 6.07) is 0.693. The lowest BCUT2D eigenvalue weighted by Crippen LogP contribution is -2.46. The number of nitrogens with zero attached hydrogens (tertiary/aromatic N) is 2. The molecular formula is C17H20N2O11. The molecule has 0 radical (unpaired) electrons. The third kappa shape index (κ3) is 4.74. The summed E-state index contributed by atoms with van der Waals surface area (Å²) in [5.74, 6) is -3.94. The van der Waals surface area contributed by atoms with Gasteiger partial charge in [0.1, 0.15) is 18.4 Å². The minimum atomic E-state index is -1.62. The summed E-state index contributed by atoms with van der Waals surface area (Å²) in [7, 11) is 1.11. The summed E-state index contributed by atoms with van der Waals surface area (Å²) >= 11 is 0. The second-order valence-electron chi connectivity index (χ2n) is 6.40. The van der Waals surface area contributed by atoms with E-state index in [-0.39, 0.29) is 0 Å². The summed E-state index contributed by atoms with van der Waals surface area (Å²) < 4.78 is 22.1. The van der Waals surface area contributed by atoms with Gasteiger partial charge in [-0.3, -0.25) is 28.3 Å². The molecule has 0 saturated carbocycles. The summed E-state index contributed by atoms with van der Waals surface area (Å²) in [4.78, 5) is 70.6. The van der Waals surface area contributed by atoms with Crippen LogP contribution < -0.4 is 11.2 Å². The zero-order valence-electron chi connectivity index (χ0n) is 16.5. The maximum Gasteiger partial charge on any atom is 0.352 e. The quantitative estimate of drug-likeness (QED) is 0.416. The minimum absolute atomic E-state index is 0.440. The Kier molecular flexibility index (Phi) is 6.77. The smallest absolute Gasteiger partial charge is 0.352 e. The average molecular weight is 428 g/mol. The Morgan fingerprint density at radius 1 is 1.03 bits per heavy atom. The van der Waals surface area contributed by atoms with E-state index in [2.05, 4.69) is 0 Å². The van der Waals surface area contributed by atoms with Crippen LogP contribution in [0.2, 0.25) is 0 Å². The number of rotatable bonds is 6. The number of carboxylic acid groups (broad SMARTS) is 1. The normalized spacial score (nSPS) is 22.9. The van der Waals surface area contributed by atoms with Crippen molar-refractivity contribution in [1.29, 1.82) is 0 Å². The summed E-state index contributed by atoms with van der Waals surface area (Å²) in [6.07, 6.45) is -5.59. The SMILES string of the molecule is CC(=O)OC[C@H]1O[C@@H](n2c(C(=O)O)cc(=O)n(C)c2=O)[C@H](OC(C)=O)[C@@H]1OC(C)=O. The van der Waals surface area contributed by atoms with Gasteiger partial charge in [-0.2, -0.15) is 0 Å². The Hall–Kier alpha value is -3.48. The van der Waals surface area contributed by atoms with Crippen molar-refractivity contribution in [2.75, 3.05) is 6.61 Å². The molecule has 1 aliphatic rings. The van der Waals surface area contributed by atoms with E-state index in [0.717, 1.165) is 27.8 Å². The molecule has 1 aromatic rings. The van der Waals surface area contributed by atoms with Crippen LogP contribution in [0, 0.1) is 0 Å². The predicted octanol–water partition coefficient (Wildman–Crippen LogP) is -1.43. The number of aromatic nitrogens is 2. The fourth-order valence-corrected chi connectivity index (χ4v) is 2.95. The van der Waals surface area contributed by atoms with Crippen LogP contribution in [-0.2, 0) is 40.4 Å². The predicted molar refractivity (Wildman–Crippen MR) is 94.6 cm³/mol. The van der Waals surface area contributed by atoms with E-state index in [1.807, 2.05) is 0 Å². The van der Waals surface area contributed by atoms with Gasteiger partial charge in [-0.1, -0.05) is 0 Å². The van der Waals surface area contributed by atoms with E-state index in [4.69, 9.17) is 18.9 Å². The van der Waals surface area contributed by atoms with Crippen LogP contribution in [0.25, 0.3) is 0 Å². The fraction of sp³-hybridized carbons (Fsp3) is 0.529. The highest BCUT2D eigenvalue weighted by Gasteiger charge is 2.51. The molecule has 164 valence electrons. The first-order valence-corrected chi connectivity index (χ1v) is 8.63. The van der Waals surface area contributed by atoms with Crippen LogP contribution in [0.1, 0.15) is 37.5 Å². The number of ether oxygens (including phenoxy) is 4. The standard InChI is InChI=1S/C17H20N2O11/c1-7(20)27-6-11-13(28-8(2)21)14(29-9(3)22)15(30-11)19-10(16(24)25)5-12(23)18(4)17(19)26/h5,11,13-15H,6H2,1-4H3,(H,24,25)/t11-,13-,14-,15-/m1/s1. The van der Waals surface area contributed by atoms with Crippen LogP contribution in [0.5, 0.6) is 0 Å². The lowest BCUT2D eigenvalue weighted by atomic mass is 10.1. The molecule has 13 heteroatoms. The zero-order chi connectivity index (χ0) is 22.7. The van der Waals surface area contributed by atoms with Gasteiger partial charge in [-0.25, -0.2) is 9.59 Å². The number of carbonyl (C=O) groups is 4. The highest BCUT2D eigenvalue weighted by atomic mass is 16.7. The van der Waals surface area contributed by atoms with Crippen molar-refractivity contribution < 1.29 is 43.2 Å². The third-order valence-electron chi connectivity index (χ3n) is 4.16. The van der Waals surface area contributed by atoms with Crippen molar-refractivity contribution in [1.82, 2.24) is 9.13 Å². The molecule has 1 aliphatic heterocycles. The average Bonchev–Trinajstić information content (AvgIpc) is 2.93. The van der Waals surface area contributed by atoms with E-state index in [9.17, 15) is 33.9 Å². The van der Waals surface area contributed by atoms with E-state index in [1.54, 1.807) is 0 Å². The Morgan fingerprint density at radius 2 is 1.60 bits per heavy atom. The molecular weight excluding hydrogens is 408 g/mol. The van der Waals surface area contributed by atoms with Gasteiger partial charge in [0.15, 0.2) is 18.4 Å². The monoisotopic (exact) mass is 428 g/mol. The molecule has 0 amide bonds. The van der Waals surface area contributed by atoms with Gasteiger partial charge < -0.3 is 24.1 Å².